The minimum atomic E-state index is -1.36. The van der Waals surface area contributed by atoms with Crippen LogP contribution in [0.25, 0.3) is 22.2 Å². The number of rotatable bonds is 8. The summed E-state index contributed by atoms with van der Waals surface area (Å²) in [7, 11) is 0. The molecular weight excluding hydrogens is 619 g/mol. The zero-order chi connectivity index (χ0) is 33.9. The molecule has 0 unspecified atom stereocenters. The first kappa shape index (κ1) is 32.2. The van der Waals surface area contributed by atoms with Gasteiger partial charge in [-0.3, -0.25) is 19.2 Å². The second kappa shape index (κ2) is 13.6. The number of nitrogens with zero attached hydrogens (tertiary/aromatic N) is 2. The molecule has 248 valence electrons. The van der Waals surface area contributed by atoms with E-state index in [1.165, 1.54) is 17.9 Å². The molecule has 0 radical (unpaired) electrons. The number of amides is 5. The summed E-state index contributed by atoms with van der Waals surface area (Å²) < 4.78 is 15.7. The molecule has 6 rings (SSSR count). The van der Waals surface area contributed by atoms with Gasteiger partial charge in [0.05, 0.1) is 5.69 Å². The lowest BCUT2D eigenvalue weighted by molar-refractivity contribution is -0.138. The van der Waals surface area contributed by atoms with Crippen molar-refractivity contribution in [1.82, 2.24) is 20.1 Å². The standard InChI is InChI=1S/C35H35FN6O6/c1-20(43)41-17-5-9-27(41)32(44)37-23-13-11-22(12-14-23)30-29(36)25-19-24(15-16-26(25)39-30)38-33(45)28-10-6-18-42(28)34(46)31(40-35(47)48)21-7-3-2-4-8-21/h2-4,7-8,11-16,19,27-28,31,39-40H,5-6,9-10,17-18H2,1H3,(H,37,44)(H,38,45)(H,47,48)/t27-,28-,31+/m0/s1. The maximum Gasteiger partial charge on any atom is 0.405 e. The van der Waals surface area contributed by atoms with E-state index in [-0.39, 0.29) is 29.4 Å². The van der Waals surface area contributed by atoms with Gasteiger partial charge in [0.15, 0.2) is 5.82 Å². The molecule has 0 saturated carbocycles. The van der Waals surface area contributed by atoms with E-state index in [1.807, 2.05) is 0 Å². The molecule has 12 nitrogen and oxygen atoms in total. The van der Waals surface area contributed by atoms with Crippen LogP contribution in [0.4, 0.5) is 20.6 Å². The Kier molecular flexibility index (Phi) is 9.10. The fourth-order valence-electron chi connectivity index (χ4n) is 6.55. The molecule has 2 saturated heterocycles. The minimum Gasteiger partial charge on any atom is -0.465 e. The zero-order valence-corrected chi connectivity index (χ0v) is 26.2. The number of H-pyrrole nitrogens is 1. The van der Waals surface area contributed by atoms with Crippen molar-refractivity contribution in [1.29, 1.82) is 0 Å². The van der Waals surface area contributed by atoms with E-state index in [0.717, 1.165) is 6.42 Å². The number of hydrogen-bond acceptors (Lipinski definition) is 5. The highest BCUT2D eigenvalue weighted by molar-refractivity contribution is 6.01. The van der Waals surface area contributed by atoms with E-state index in [1.54, 1.807) is 71.6 Å². The summed E-state index contributed by atoms with van der Waals surface area (Å²) in [4.78, 5) is 69.1. The highest BCUT2D eigenvalue weighted by Gasteiger charge is 2.38. The molecule has 2 aliphatic heterocycles. The summed E-state index contributed by atoms with van der Waals surface area (Å²) in [5, 5.41) is 17.5. The van der Waals surface area contributed by atoms with Crippen LogP contribution in [0.3, 0.4) is 0 Å². The smallest absolute Gasteiger partial charge is 0.405 e. The average Bonchev–Trinajstić information content (AvgIpc) is 3.84. The number of aromatic amines is 1. The molecule has 3 aromatic carbocycles. The second-order valence-electron chi connectivity index (χ2n) is 12.0. The Morgan fingerprint density at radius 1 is 0.833 bits per heavy atom. The van der Waals surface area contributed by atoms with Crippen LogP contribution < -0.4 is 16.0 Å². The van der Waals surface area contributed by atoms with Gasteiger partial charge < -0.3 is 35.8 Å². The summed E-state index contributed by atoms with van der Waals surface area (Å²) in [5.74, 6) is -1.91. The van der Waals surface area contributed by atoms with Crippen molar-refractivity contribution >= 4 is 52.0 Å². The molecule has 13 heteroatoms. The number of nitrogens with one attached hydrogen (secondary N) is 4. The summed E-state index contributed by atoms with van der Waals surface area (Å²) in [6.45, 7) is 2.29. The van der Waals surface area contributed by atoms with Crippen molar-refractivity contribution in [2.45, 2.75) is 50.7 Å². The van der Waals surface area contributed by atoms with E-state index in [2.05, 4.69) is 20.9 Å². The highest BCUT2D eigenvalue weighted by atomic mass is 19.1. The summed E-state index contributed by atoms with van der Waals surface area (Å²) >= 11 is 0. The number of halogens is 1. The molecule has 2 aliphatic rings. The average molecular weight is 655 g/mol. The maximum absolute atomic E-state index is 15.7. The van der Waals surface area contributed by atoms with Crippen LogP contribution in [0, 0.1) is 5.82 Å². The topological polar surface area (TPSA) is 164 Å². The van der Waals surface area contributed by atoms with E-state index < -0.39 is 41.9 Å². The number of carbonyl (C=O) groups excluding carboxylic acids is 4. The molecule has 3 heterocycles. The third kappa shape index (κ3) is 6.57. The van der Waals surface area contributed by atoms with E-state index in [9.17, 15) is 29.1 Å². The predicted molar refractivity (Wildman–Crippen MR) is 176 cm³/mol. The number of carboxylic acid groups (broad SMARTS) is 1. The molecule has 5 amide bonds. The molecule has 0 aliphatic carbocycles. The first-order valence-electron chi connectivity index (χ1n) is 15.8. The van der Waals surface area contributed by atoms with Gasteiger partial charge in [-0.1, -0.05) is 42.5 Å². The Bertz CT molecular complexity index is 1880. The number of aromatic nitrogens is 1. The van der Waals surface area contributed by atoms with Gasteiger partial charge in [0, 0.05) is 47.9 Å². The fourth-order valence-corrected chi connectivity index (χ4v) is 6.55. The van der Waals surface area contributed by atoms with Crippen molar-refractivity contribution in [3.8, 4) is 11.3 Å². The first-order valence-corrected chi connectivity index (χ1v) is 15.8. The SMILES string of the molecule is CC(=O)N1CCC[C@H]1C(=O)Nc1ccc(-c2[nH]c3ccc(NC(=O)[C@@H]4CCCN4C(=O)[C@H](NC(=O)O)c4ccccc4)cc3c2F)cc1. The van der Waals surface area contributed by atoms with E-state index in [0.29, 0.717) is 53.8 Å². The Labute approximate surface area is 275 Å². The number of anilines is 2. The largest absolute Gasteiger partial charge is 0.465 e. The van der Waals surface area contributed by atoms with Gasteiger partial charge in [-0.15, -0.1) is 0 Å². The Morgan fingerprint density at radius 3 is 2.08 bits per heavy atom. The number of carbonyl (C=O) groups is 5. The predicted octanol–water partition coefficient (Wildman–Crippen LogP) is 4.86. The Balaban J connectivity index is 1.15. The van der Waals surface area contributed by atoms with Gasteiger partial charge in [-0.05, 0) is 61.6 Å². The highest BCUT2D eigenvalue weighted by Crippen LogP contribution is 2.32. The van der Waals surface area contributed by atoms with Crippen molar-refractivity contribution in [3.05, 3.63) is 84.2 Å². The van der Waals surface area contributed by atoms with Crippen LogP contribution in [0.1, 0.15) is 44.2 Å². The van der Waals surface area contributed by atoms with E-state index in [4.69, 9.17) is 0 Å². The molecular formula is C35H35FN6O6. The van der Waals surface area contributed by atoms with Gasteiger partial charge in [0.1, 0.15) is 18.1 Å². The third-order valence-electron chi connectivity index (χ3n) is 8.89. The monoisotopic (exact) mass is 654 g/mol. The molecule has 3 atom stereocenters. The fraction of sp³-hybridized carbons (Fsp3) is 0.286. The zero-order valence-electron chi connectivity index (χ0n) is 26.2. The lowest BCUT2D eigenvalue weighted by Gasteiger charge is -2.28. The van der Waals surface area contributed by atoms with Crippen molar-refractivity contribution in [2.75, 3.05) is 23.7 Å². The van der Waals surface area contributed by atoms with Crippen LogP contribution in [-0.4, -0.2) is 74.8 Å². The molecule has 0 spiro atoms. The van der Waals surface area contributed by atoms with Gasteiger partial charge in [0.25, 0.3) is 5.91 Å². The van der Waals surface area contributed by atoms with E-state index >= 15 is 4.39 Å². The van der Waals surface area contributed by atoms with Crippen LogP contribution in [0.5, 0.6) is 0 Å². The summed E-state index contributed by atoms with van der Waals surface area (Å²) in [6, 6.07) is 17.4. The quantitative estimate of drug-likeness (QED) is 0.182. The third-order valence-corrected chi connectivity index (χ3v) is 8.89. The lowest BCUT2D eigenvalue weighted by Crippen LogP contribution is -2.48. The van der Waals surface area contributed by atoms with Crippen molar-refractivity contribution in [2.24, 2.45) is 0 Å². The number of likely N-dealkylation sites (tertiary alicyclic amines) is 2. The normalized spacial score (nSPS) is 18.0. The van der Waals surface area contributed by atoms with Crippen LogP contribution in [0.15, 0.2) is 72.8 Å². The van der Waals surface area contributed by atoms with Crippen molar-refractivity contribution < 1.29 is 33.5 Å². The number of fused-ring (bicyclic) bond motifs is 1. The summed E-state index contributed by atoms with van der Waals surface area (Å²) in [6.07, 6.45) is 0.961. The molecule has 4 aromatic rings. The number of hydrogen-bond donors (Lipinski definition) is 5. The number of benzene rings is 3. The van der Waals surface area contributed by atoms with Crippen LogP contribution in [-0.2, 0) is 19.2 Å². The van der Waals surface area contributed by atoms with Gasteiger partial charge in [-0.2, -0.15) is 0 Å². The second-order valence-corrected chi connectivity index (χ2v) is 12.0. The van der Waals surface area contributed by atoms with Gasteiger partial charge in [-0.25, -0.2) is 9.18 Å². The van der Waals surface area contributed by atoms with Crippen LogP contribution >= 0.6 is 0 Å². The lowest BCUT2D eigenvalue weighted by atomic mass is 10.0. The van der Waals surface area contributed by atoms with Gasteiger partial charge in [0.2, 0.25) is 17.7 Å². The molecule has 5 N–H and O–H groups in total. The Morgan fingerprint density at radius 2 is 1.44 bits per heavy atom. The molecule has 2 fully saturated rings. The molecule has 0 bridgehead atoms. The maximum atomic E-state index is 15.7. The first-order chi connectivity index (χ1) is 23.1. The van der Waals surface area contributed by atoms with Crippen LogP contribution in [0.2, 0.25) is 0 Å². The summed E-state index contributed by atoms with van der Waals surface area (Å²) in [5.41, 5.74) is 2.60. The molecule has 1 aromatic heterocycles. The molecule has 48 heavy (non-hydrogen) atoms. The Hall–Kier alpha value is -5.72. The van der Waals surface area contributed by atoms with Crippen molar-refractivity contribution in [3.63, 3.8) is 0 Å². The minimum absolute atomic E-state index is 0.141. The van der Waals surface area contributed by atoms with Gasteiger partial charge >= 0.3 is 6.09 Å².